The molecule has 9 heteroatoms. The second-order valence-corrected chi connectivity index (χ2v) is 11.6. The lowest BCUT2D eigenvalue weighted by Crippen LogP contribution is -2.61. The van der Waals surface area contributed by atoms with Gasteiger partial charge in [0.25, 0.3) is 0 Å². The van der Waals surface area contributed by atoms with Gasteiger partial charge >= 0.3 is 5.97 Å². The van der Waals surface area contributed by atoms with Crippen molar-refractivity contribution in [2.45, 2.75) is 51.1 Å². The summed E-state index contributed by atoms with van der Waals surface area (Å²) in [6.45, 7) is 3.30. The van der Waals surface area contributed by atoms with Gasteiger partial charge in [-0.1, -0.05) is 97.4 Å². The van der Waals surface area contributed by atoms with Gasteiger partial charge in [-0.15, -0.1) is 5.11 Å². The number of unbranched alkanes of at least 4 members (excludes halogenated alkanes) is 1. The van der Waals surface area contributed by atoms with Crippen LogP contribution < -0.4 is 10.7 Å². The summed E-state index contributed by atoms with van der Waals surface area (Å²) in [5.41, 5.74) is 4.82. The van der Waals surface area contributed by atoms with Crippen LogP contribution in [0.2, 0.25) is 0 Å². The van der Waals surface area contributed by atoms with E-state index >= 15 is 0 Å². The first-order valence-corrected chi connectivity index (χ1v) is 15.7. The number of anilines is 1. The van der Waals surface area contributed by atoms with Crippen molar-refractivity contribution in [3.63, 3.8) is 0 Å². The maximum atomic E-state index is 13.7. The van der Waals surface area contributed by atoms with Gasteiger partial charge in [0.05, 0.1) is 0 Å². The van der Waals surface area contributed by atoms with Crippen LogP contribution in [0.1, 0.15) is 50.2 Å². The van der Waals surface area contributed by atoms with Crippen molar-refractivity contribution in [2.75, 3.05) is 18.0 Å². The first kappa shape index (κ1) is 32.1. The Morgan fingerprint density at radius 1 is 0.891 bits per heavy atom. The van der Waals surface area contributed by atoms with Crippen LogP contribution in [0.15, 0.2) is 113 Å². The van der Waals surface area contributed by atoms with Gasteiger partial charge in [-0.3, -0.25) is 10.2 Å². The first-order valence-electron chi connectivity index (χ1n) is 15.7. The van der Waals surface area contributed by atoms with Crippen LogP contribution in [-0.4, -0.2) is 46.3 Å². The molecule has 1 aliphatic rings. The number of nitrogens with zero attached hydrogens (tertiary/aromatic N) is 4. The maximum Gasteiger partial charge on any atom is 0.329 e. The van der Waals surface area contributed by atoms with Crippen molar-refractivity contribution in [1.82, 2.24) is 4.90 Å². The Hall–Kier alpha value is -5.31. The number of piperidine rings is 1. The number of hydrogen-bond donors (Lipinski definition) is 3. The van der Waals surface area contributed by atoms with E-state index < -0.39 is 11.5 Å². The average Bonchev–Trinajstić information content (AvgIpc) is 3.10. The molecular formula is C37H40N6O3. The molecule has 4 N–H and O–H groups in total. The lowest BCUT2D eigenvalue weighted by molar-refractivity contribution is -0.162. The average molecular weight is 617 g/mol. The highest BCUT2D eigenvalue weighted by Gasteiger charge is 2.48. The molecule has 0 saturated carbocycles. The number of nitrogens with two attached hydrogens (primary N) is 1. The molecule has 1 aliphatic heterocycles. The molecule has 0 spiro atoms. The summed E-state index contributed by atoms with van der Waals surface area (Å²) in [7, 11) is 0. The van der Waals surface area contributed by atoms with Crippen molar-refractivity contribution in [1.29, 1.82) is 5.41 Å². The molecule has 0 aromatic heterocycles. The number of carbonyl (C=O) groups is 2. The molecule has 0 aliphatic carbocycles. The molecule has 4 aromatic carbocycles. The molecule has 0 unspecified atom stereocenters. The van der Waals surface area contributed by atoms with E-state index in [1.54, 1.807) is 4.90 Å². The quantitative estimate of drug-likeness (QED) is 0.0534. The molecule has 46 heavy (non-hydrogen) atoms. The molecule has 1 heterocycles. The number of amides is 1. The zero-order chi connectivity index (χ0) is 32.5. The summed E-state index contributed by atoms with van der Waals surface area (Å²) in [6, 6.07) is 33.5. The van der Waals surface area contributed by atoms with Crippen molar-refractivity contribution in [3.8, 4) is 22.3 Å². The van der Waals surface area contributed by atoms with E-state index in [9.17, 15) is 14.7 Å². The Labute approximate surface area is 269 Å². The smallest absolute Gasteiger partial charge is 0.329 e. The van der Waals surface area contributed by atoms with Gasteiger partial charge in [-0.2, -0.15) is 0 Å². The molecule has 236 valence electrons. The second-order valence-electron chi connectivity index (χ2n) is 11.6. The number of amidine groups is 1. The van der Waals surface area contributed by atoms with Gasteiger partial charge in [0, 0.05) is 37.3 Å². The van der Waals surface area contributed by atoms with Gasteiger partial charge in [-0.25, -0.2) is 4.79 Å². The van der Waals surface area contributed by atoms with E-state index in [4.69, 9.17) is 11.3 Å². The summed E-state index contributed by atoms with van der Waals surface area (Å²) in [5.74, 6) is 4.11. The van der Waals surface area contributed by atoms with Crippen molar-refractivity contribution < 1.29 is 14.7 Å². The number of aliphatic carboxylic acids is 1. The largest absolute Gasteiger partial charge is 0.479 e. The Kier molecular flexibility index (Phi) is 10.2. The molecule has 1 fully saturated rings. The first-order chi connectivity index (χ1) is 22.4. The monoisotopic (exact) mass is 616 g/mol. The molecule has 0 radical (unpaired) electrons. The predicted molar refractivity (Wildman–Crippen MR) is 182 cm³/mol. The van der Waals surface area contributed by atoms with Gasteiger partial charge in [-0.05, 0) is 71.3 Å². The van der Waals surface area contributed by atoms with Gasteiger partial charge in [0.2, 0.25) is 5.91 Å². The van der Waals surface area contributed by atoms with Gasteiger partial charge < -0.3 is 20.7 Å². The fourth-order valence-corrected chi connectivity index (χ4v) is 6.20. The number of carbonyl (C=O) groups excluding carboxylic acids is 1. The van der Waals surface area contributed by atoms with E-state index in [0.29, 0.717) is 44.3 Å². The molecule has 1 amide bonds. The molecule has 9 nitrogen and oxygen atoms in total. The van der Waals surface area contributed by atoms with Crippen LogP contribution in [0.3, 0.4) is 0 Å². The molecular weight excluding hydrogens is 576 g/mol. The molecule has 0 atom stereocenters. The van der Waals surface area contributed by atoms with Crippen molar-refractivity contribution >= 4 is 23.4 Å². The fourth-order valence-electron chi connectivity index (χ4n) is 6.20. The predicted octanol–water partition coefficient (Wildman–Crippen LogP) is 7.31. The van der Waals surface area contributed by atoms with E-state index in [1.807, 2.05) is 110 Å². The molecule has 1 saturated heterocycles. The number of carboxylic acid groups (broad SMARTS) is 1. The zero-order valence-electron chi connectivity index (χ0n) is 26.1. The van der Waals surface area contributed by atoms with E-state index in [2.05, 4.69) is 15.2 Å². The standard InChI is InChI=1S/C37H40N6O3/c1-2-3-14-34(44)43(37(36(45)46)21-23-42(24-22-37)31-12-8-5-9-13-31)26-27-15-17-29(18-16-27)33-25-30(28-10-6-4-7-11-28)19-20-32(33)35(38)40-41-39/h4-13,15-20,25H,2-3,14,21-24,26H2,1H3,(H,45,46)(H3,38,39,40). The minimum atomic E-state index is -1.30. The number of benzene rings is 4. The number of para-hydroxylation sites is 1. The van der Waals surface area contributed by atoms with E-state index in [0.717, 1.165) is 39.9 Å². The van der Waals surface area contributed by atoms with Crippen molar-refractivity contribution in [2.24, 2.45) is 16.2 Å². The highest BCUT2D eigenvalue weighted by Crippen LogP contribution is 2.35. The van der Waals surface area contributed by atoms with Crippen LogP contribution in [-0.2, 0) is 16.1 Å². The van der Waals surface area contributed by atoms with Crippen LogP contribution in [0.5, 0.6) is 0 Å². The third kappa shape index (κ3) is 6.99. The minimum Gasteiger partial charge on any atom is -0.479 e. The number of nitrogens with one attached hydrogen (secondary N) is 1. The lowest BCUT2D eigenvalue weighted by atomic mass is 9.84. The SMILES string of the molecule is CCCCC(=O)N(Cc1ccc(-c2cc(-c3ccccc3)ccc2C(=N)N=NN)cc1)C1(C(=O)O)CCN(c2ccccc2)CC1. The Balaban J connectivity index is 1.45. The Bertz CT molecular complexity index is 1680. The molecule has 5 rings (SSSR count). The van der Waals surface area contributed by atoms with E-state index in [1.165, 1.54) is 0 Å². The summed E-state index contributed by atoms with van der Waals surface area (Å²) in [4.78, 5) is 30.5. The Morgan fingerprint density at radius 3 is 2.13 bits per heavy atom. The summed E-state index contributed by atoms with van der Waals surface area (Å²) in [6.07, 6.45) is 2.52. The molecule has 0 bridgehead atoms. The lowest BCUT2D eigenvalue weighted by Gasteiger charge is -2.46. The summed E-state index contributed by atoms with van der Waals surface area (Å²) in [5, 5.41) is 26.2. The van der Waals surface area contributed by atoms with Crippen LogP contribution >= 0.6 is 0 Å². The maximum absolute atomic E-state index is 13.7. The number of carboxylic acids is 1. The topological polar surface area (TPSA) is 135 Å². The zero-order valence-corrected chi connectivity index (χ0v) is 26.1. The van der Waals surface area contributed by atoms with Crippen LogP contribution in [0.25, 0.3) is 22.3 Å². The van der Waals surface area contributed by atoms with Crippen molar-refractivity contribution in [3.05, 3.63) is 114 Å². The van der Waals surface area contributed by atoms with Gasteiger partial charge in [0.1, 0.15) is 5.54 Å². The third-order valence-corrected chi connectivity index (χ3v) is 8.82. The fraction of sp³-hybridized carbons (Fsp3) is 0.270. The summed E-state index contributed by atoms with van der Waals surface area (Å²) < 4.78 is 0. The third-order valence-electron chi connectivity index (χ3n) is 8.82. The summed E-state index contributed by atoms with van der Waals surface area (Å²) >= 11 is 0. The highest BCUT2D eigenvalue weighted by atomic mass is 16.4. The Morgan fingerprint density at radius 2 is 1.52 bits per heavy atom. The second kappa shape index (κ2) is 14.6. The van der Waals surface area contributed by atoms with Gasteiger partial charge in [0.15, 0.2) is 5.84 Å². The van der Waals surface area contributed by atoms with Crippen LogP contribution in [0.4, 0.5) is 5.69 Å². The van der Waals surface area contributed by atoms with Crippen LogP contribution in [0, 0.1) is 5.41 Å². The number of rotatable bonds is 11. The minimum absolute atomic E-state index is 0.0564. The number of hydrogen-bond acceptors (Lipinski definition) is 5. The normalized spacial score (nSPS) is 14.2. The molecule has 4 aromatic rings. The van der Waals surface area contributed by atoms with E-state index in [-0.39, 0.29) is 18.3 Å². The highest BCUT2D eigenvalue weighted by molar-refractivity contribution is 6.03.